The predicted octanol–water partition coefficient (Wildman–Crippen LogP) is 5.75. The largest absolute Gasteiger partial charge is 0.368 e. The maximum Gasteiger partial charge on any atom is 0.184 e. The second kappa shape index (κ2) is 12.2. The zero-order valence-corrected chi connectivity index (χ0v) is 20.7. The van der Waals surface area contributed by atoms with Gasteiger partial charge in [-0.15, -0.1) is 11.8 Å². The summed E-state index contributed by atoms with van der Waals surface area (Å²) in [5, 5.41) is 0. The minimum Gasteiger partial charge on any atom is -0.368 e. The van der Waals surface area contributed by atoms with Gasteiger partial charge in [-0.05, 0) is 16.9 Å². The highest BCUT2D eigenvalue weighted by atomic mass is 32.2. The smallest absolute Gasteiger partial charge is 0.184 e. The summed E-state index contributed by atoms with van der Waals surface area (Å²) in [6, 6.07) is 30.5. The van der Waals surface area contributed by atoms with Gasteiger partial charge in [-0.3, -0.25) is 0 Å². The molecule has 2 saturated heterocycles. The van der Waals surface area contributed by atoms with Gasteiger partial charge in [0.1, 0.15) is 29.9 Å². The van der Waals surface area contributed by atoms with Crippen LogP contribution in [0.4, 0.5) is 0 Å². The molecule has 2 fully saturated rings. The Labute approximate surface area is 211 Å². The molecule has 0 spiro atoms. The van der Waals surface area contributed by atoms with Crippen molar-refractivity contribution in [3.05, 3.63) is 108 Å². The van der Waals surface area contributed by atoms with Gasteiger partial charge in [0.15, 0.2) is 6.29 Å². The first-order chi connectivity index (χ1) is 17.3. The van der Waals surface area contributed by atoms with Gasteiger partial charge in [-0.2, -0.15) is 0 Å². The van der Waals surface area contributed by atoms with E-state index in [2.05, 4.69) is 31.2 Å². The molecule has 1 unspecified atom stereocenters. The normalized spacial score (nSPS) is 28.4. The molecule has 0 amide bonds. The van der Waals surface area contributed by atoms with Crippen LogP contribution in [-0.4, -0.2) is 42.2 Å². The van der Waals surface area contributed by atoms with E-state index in [0.717, 1.165) is 22.4 Å². The van der Waals surface area contributed by atoms with E-state index in [9.17, 15) is 0 Å². The molecule has 2 heterocycles. The summed E-state index contributed by atoms with van der Waals surface area (Å²) < 4.78 is 32.2. The summed E-state index contributed by atoms with van der Waals surface area (Å²) in [5.41, 5.74) is 3.04. The van der Waals surface area contributed by atoms with Crippen LogP contribution in [0.3, 0.4) is 0 Å². The van der Waals surface area contributed by atoms with E-state index in [1.807, 2.05) is 66.7 Å². The lowest BCUT2D eigenvalue weighted by atomic mass is 9.98. The molecule has 6 atom stereocenters. The molecule has 0 bridgehead atoms. The van der Waals surface area contributed by atoms with Gasteiger partial charge in [0, 0.05) is 5.56 Å². The Hall–Kier alpha value is -2.19. The number of fused-ring (bicyclic) bond motifs is 1. The fourth-order valence-corrected chi connectivity index (χ4v) is 5.50. The topological polar surface area (TPSA) is 46.2 Å². The number of thioether (sulfide) groups is 1. The second-order valence-corrected chi connectivity index (χ2v) is 10.1. The third kappa shape index (κ3) is 6.15. The first-order valence-electron chi connectivity index (χ1n) is 12.2. The molecule has 3 aromatic carbocycles. The summed E-state index contributed by atoms with van der Waals surface area (Å²) in [6.45, 7) is 3.54. The molecule has 35 heavy (non-hydrogen) atoms. The van der Waals surface area contributed by atoms with Crippen LogP contribution in [-0.2, 0) is 36.9 Å². The molecule has 2 aliphatic heterocycles. The standard InChI is InChI=1S/C29H32O5S/c1-2-35-29-27(31-19-22-14-8-4-9-15-22)26(30-18-21-12-6-3-7-13-21)25-24(33-29)20-32-28(34-25)23-16-10-5-11-17-23/h3-17,24-29H,2,18-20H2,1H3/t24-,25-,26+,27-,28?,29+/m1/s1. The summed E-state index contributed by atoms with van der Waals surface area (Å²) in [7, 11) is 0. The molecule has 0 aliphatic carbocycles. The fourth-order valence-electron chi connectivity index (χ4n) is 4.52. The molecule has 6 heteroatoms. The molecule has 0 radical (unpaired) electrons. The van der Waals surface area contributed by atoms with Crippen LogP contribution < -0.4 is 0 Å². The summed E-state index contributed by atoms with van der Waals surface area (Å²) >= 11 is 1.74. The third-order valence-corrected chi connectivity index (χ3v) is 7.30. The monoisotopic (exact) mass is 492 g/mol. The summed E-state index contributed by atoms with van der Waals surface area (Å²) in [5.74, 6) is 0.910. The number of hydrogen-bond acceptors (Lipinski definition) is 6. The molecule has 2 aliphatic rings. The van der Waals surface area contributed by atoms with Gasteiger partial charge in [-0.1, -0.05) is 97.9 Å². The molecule has 0 saturated carbocycles. The summed E-state index contributed by atoms with van der Waals surface area (Å²) in [6.07, 6.45) is -1.60. The molecule has 0 N–H and O–H groups in total. The van der Waals surface area contributed by atoms with Crippen molar-refractivity contribution >= 4 is 11.8 Å². The van der Waals surface area contributed by atoms with Crippen LogP contribution >= 0.6 is 11.8 Å². The van der Waals surface area contributed by atoms with E-state index in [0.29, 0.717) is 19.8 Å². The lowest BCUT2D eigenvalue weighted by molar-refractivity contribution is -0.329. The van der Waals surface area contributed by atoms with Crippen LogP contribution in [0.1, 0.15) is 29.9 Å². The molecule has 0 aromatic heterocycles. The Morgan fingerprint density at radius 1 is 0.743 bits per heavy atom. The van der Waals surface area contributed by atoms with Crippen molar-refractivity contribution in [2.75, 3.05) is 12.4 Å². The highest BCUT2D eigenvalue weighted by Gasteiger charge is 2.51. The molecular formula is C29H32O5S. The van der Waals surface area contributed by atoms with Gasteiger partial charge in [0.05, 0.1) is 19.8 Å². The molecular weight excluding hydrogens is 460 g/mol. The highest BCUT2D eigenvalue weighted by molar-refractivity contribution is 7.99. The lowest BCUT2D eigenvalue weighted by Crippen LogP contribution is -2.62. The zero-order valence-electron chi connectivity index (χ0n) is 19.9. The van der Waals surface area contributed by atoms with Gasteiger partial charge >= 0.3 is 0 Å². The van der Waals surface area contributed by atoms with Gasteiger partial charge in [0.25, 0.3) is 0 Å². The Kier molecular flexibility index (Phi) is 8.52. The summed E-state index contributed by atoms with van der Waals surface area (Å²) in [4.78, 5) is 0. The Balaban J connectivity index is 1.40. The van der Waals surface area contributed by atoms with E-state index in [1.54, 1.807) is 11.8 Å². The van der Waals surface area contributed by atoms with Crippen LogP contribution in [0.5, 0.6) is 0 Å². The lowest BCUT2D eigenvalue weighted by Gasteiger charge is -2.49. The fraction of sp³-hybridized carbons (Fsp3) is 0.379. The van der Waals surface area contributed by atoms with E-state index >= 15 is 0 Å². The number of ether oxygens (including phenoxy) is 5. The first-order valence-corrected chi connectivity index (χ1v) is 13.3. The van der Waals surface area contributed by atoms with E-state index in [-0.39, 0.29) is 29.9 Å². The number of hydrogen-bond donors (Lipinski definition) is 0. The van der Waals surface area contributed by atoms with Crippen molar-refractivity contribution in [1.82, 2.24) is 0 Å². The number of rotatable bonds is 9. The predicted molar refractivity (Wildman–Crippen MR) is 137 cm³/mol. The van der Waals surface area contributed by atoms with Gasteiger partial charge < -0.3 is 23.7 Å². The zero-order chi connectivity index (χ0) is 23.9. The van der Waals surface area contributed by atoms with Crippen molar-refractivity contribution in [3.8, 4) is 0 Å². The van der Waals surface area contributed by atoms with Crippen LogP contribution in [0, 0.1) is 0 Å². The first kappa shape index (κ1) is 24.5. The minimum atomic E-state index is -0.464. The van der Waals surface area contributed by atoms with Crippen LogP contribution in [0.25, 0.3) is 0 Å². The highest BCUT2D eigenvalue weighted by Crippen LogP contribution is 2.39. The van der Waals surface area contributed by atoms with E-state index < -0.39 is 6.29 Å². The van der Waals surface area contributed by atoms with E-state index in [4.69, 9.17) is 23.7 Å². The average molecular weight is 493 g/mol. The maximum absolute atomic E-state index is 6.60. The van der Waals surface area contributed by atoms with Crippen molar-refractivity contribution in [2.24, 2.45) is 0 Å². The Bertz CT molecular complexity index is 1020. The van der Waals surface area contributed by atoms with Gasteiger partial charge in [0.2, 0.25) is 0 Å². The van der Waals surface area contributed by atoms with Crippen molar-refractivity contribution in [1.29, 1.82) is 0 Å². The van der Waals surface area contributed by atoms with Crippen LogP contribution in [0.15, 0.2) is 91.0 Å². The molecule has 5 rings (SSSR count). The van der Waals surface area contributed by atoms with Crippen molar-refractivity contribution < 1.29 is 23.7 Å². The number of benzene rings is 3. The maximum atomic E-state index is 6.60. The van der Waals surface area contributed by atoms with E-state index in [1.165, 1.54) is 0 Å². The molecule has 184 valence electrons. The Morgan fingerprint density at radius 3 is 1.91 bits per heavy atom. The van der Waals surface area contributed by atoms with Crippen molar-refractivity contribution in [3.63, 3.8) is 0 Å². The third-order valence-electron chi connectivity index (χ3n) is 6.26. The van der Waals surface area contributed by atoms with Gasteiger partial charge in [-0.25, -0.2) is 0 Å². The minimum absolute atomic E-state index is 0.175. The molecule has 5 nitrogen and oxygen atoms in total. The average Bonchev–Trinajstić information content (AvgIpc) is 2.92. The van der Waals surface area contributed by atoms with Crippen LogP contribution in [0.2, 0.25) is 0 Å². The SMILES string of the molecule is CCS[C@@H]1O[C@@H]2COC(c3ccccc3)O[C@H]2[C@H](OCc2ccccc2)[C@H]1OCc1ccccc1. The van der Waals surface area contributed by atoms with Crippen molar-refractivity contribution in [2.45, 2.75) is 56.3 Å². The molecule has 3 aromatic rings. The Morgan fingerprint density at radius 2 is 1.31 bits per heavy atom. The quantitative estimate of drug-likeness (QED) is 0.379. The second-order valence-electron chi connectivity index (χ2n) is 8.70.